The first-order chi connectivity index (χ1) is 13.8. The molecule has 0 aliphatic carbocycles. The van der Waals surface area contributed by atoms with Gasteiger partial charge in [-0.15, -0.1) is 0 Å². The van der Waals surface area contributed by atoms with Crippen LogP contribution >= 0.6 is 0 Å². The van der Waals surface area contributed by atoms with Crippen molar-refractivity contribution in [1.29, 1.82) is 0 Å². The Kier molecular flexibility index (Phi) is 6.78. The van der Waals surface area contributed by atoms with Crippen molar-refractivity contribution in [3.05, 3.63) is 18.0 Å². The lowest BCUT2D eigenvalue weighted by Crippen LogP contribution is -2.47. The summed E-state index contributed by atoms with van der Waals surface area (Å²) in [6.07, 6.45) is -0.176. The zero-order valence-electron chi connectivity index (χ0n) is 16.2. The minimum absolute atomic E-state index is 0.0627. The fourth-order valence-electron chi connectivity index (χ4n) is 3.66. The molecule has 0 bridgehead atoms. The number of hydrogen-bond acceptors (Lipinski definition) is 7. The van der Waals surface area contributed by atoms with Crippen LogP contribution < -0.4 is 10.6 Å². The van der Waals surface area contributed by atoms with Crippen LogP contribution in [0.25, 0.3) is 0 Å². The maximum absolute atomic E-state index is 12.7. The highest BCUT2D eigenvalue weighted by Gasteiger charge is 2.38. The van der Waals surface area contributed by atoms with Crippen LogP contribution in [0.3, 0.4) is 0 Å². The summed E-state index contributed by atoms with van der Waals surface area (Å²) in [4.78, 5) is 35.2. The Morgan fingerprint density at radius 3 is 2.48 bits per heavy atom. The second-order valence-electron chi connectivity index (χ2n) is 7.23. The number of aromatic nitrogens is 2. The minimum atomic E-state index is -2.59. The number of nitrogens with two attached hydrogens (primary N) is 1. The van der Waals surface area contributed by atoms with Crippen LogP contribution in [0.4, 0.5) is 19.5 Å². The zero-order chi connectivity index (χ0) is 21.0. The third-order valence-corrected chi connectivity index (χ3v) is 5.14. The van der Waals surface area contributed by atoms with E-state index in [-0.39, 0.29) is 24.1 Å². The van der Waals surface area contributed by atoms with E-state index >= 15 is 0 Å². The van der Waals surface area contributed by atoms with Crippen molar-refractivity contribution in [3.8, 4) is 0 Å². The number of amides is 2. The Labute approximate surface area is 167 Å². The second kappa shape index (κ2) is 9.29. The number of primary amides is 1. The highest BCUT2D eigenvalue weighted by atomic mass is 19.3. The summed E-state index contributed by atoms with van der Waals surface area (Å²) in [5.41, 5.74) is 4.76. The molecule has 2 aliphatic heterocycles. The summed E-state index contributed by atoms with van der Waals surface area (Å²) in [5.74, 6) is 0.359. The molecule has 0 spiro atoms. The van der Waals surface area contributed by atoms with E-state index in [1.54, 1.807) is 6.92 Å². The summed E-state index contributed by atoms with van der Waals surface area (Å²) < 4.78 is 35.6. The van der Waals surface area contributed by atoms with Crippen LogP contribution in [0.15, 0.2) is 12.4 Å². The van der Waals surface area contributed by atoms with Gasteiger partial charge in [0.15, 0.2) is 0 Å². The number of carbonyl (C=O) groups excluding carboxylic acids is 2. The predicted octanol–water partition coefficient (Wildman–Crippen LogP) is 1.48. The number of piperidine rings is 1. The van der Waals surface area contributed by atoms with Crippen molar-refractivity contribution in [3.63, 3.8) is 0 Å². The van der Waals surface area contributed by atoms with Crippen molar-refractivity contribution >= 4 is 17.9 Å². The van der Waals surface area contributed by atoms with Crippen LogP contribution in [0, 0.1) is 0 Å². The molecule has 160 valence electrons. The number of anilines is 1. The molecule has 2 aliphatic rings. The van der Waals surface area contributed by atoms with Crippen LogP contribution in [0.2, 0.25) is 0 Å². The van der Waals surface area contributed by atoms with Gasteiger partial charge in [-0.3, -0.25) is 4.79 Å². The van der Waals surface area contributed by atoms with E-state index in [0.717, 1.165) is 25.2 Å². The maximum atomic E-state index is 12.7. The van der Waals surface area contributed by atoms with E-state index in [2.05, 4.69) is 9.97 Å². The van der Waals surface area contributed by atoms with Gasteiger partial charge in [0.1, 0.15) is 12.2 Å². The molecule has 1 aromatic rings. The first-order valence-electron chi connectivity index (χ1n) is 9.58. The van der Waals surface area contributed by atoms with Gasteiger partial charge in [0, 0.05) is 44.5 Å². The number of hydrogen-bond donors (Lipinski definition) is 1. The Hall–Kier alpha value is -2.56. The van der Waals surface area contributed by atoms with Crippen LogP contribution in [0.1, 0.15) is 38.2 Å². The van der Waals surface area contributed by atoms with E-state index in [1.165, 1.54) is 0 Å². The summed E-state index contributed by atoms with van der Waals surface area (Å²) >= 11 is 0. The second-order valence-corrected chi connectivity index (χ2v) is 7.23. The normalized spacial score (nSPS) is 21.7. The van der Waals surface area contributed by atoms with Gasteiger partial charge in [-0.25, -0.2) is 23.5 Å². The molecular weight excluding hydrogens is 388 g/mol. The Balaban J connectivity index is 1.47. The van der Waals surface area contributed by atoms with E-state index in [0.29, 0.717) is 32.0 Å². The number of ether oxygens (including phenoxy) is 2. The molecule has 2 fully saturated rings. The Morgan fingerprint density at radius 2 is 1.90 bits per heavy atom. The number of likely N-dealkylation sites (tertiary alicyclic amines) is 1. The van der Waals surface area contributed by atoms with E-state index < -0.39 is 24.7 Å². The number of rotatable bonds is 7. The number of halogens is 2. The van der Waals surface area contributed by atoms with Gasteiger partial charge in [-0.1, -0.05) is 0 Å². The van der Waals surface area contributed by atoms with Crippen LogP contribution in [0.5, 0.6) is 0 Å². The van der Waals surface area contributed by atoms with Crippen LogP contribution in [-0.2, 0) is 14.3 Å². The van der Waals surface area contributed by atoms with Gasteiger partial charge >= 0.3 is 6.09 Å². The lowest BCUT2D eigenvalue weighted by Gasteiger charge is -2.36. The van der Waals surface area contributed by atoms with Gasteiger partial charge in [0.05, 0.1) is 12.2 Å². The number of carbonyl (C=O) groups is 2. The van der Waals surface area contributed by atoms with Crippen molar-refractivity contribution in [2.75, 3.05) is 31.1 Å². The molecule has 2 saturated heterocycles. The quantitative estimate of drug-likeness (QED) is 0.721. The molecule has 11 heteroatoms. The standard InChI is InChI=1S/C18H25F2N5O4/c1-11(29-17(21)27)10-28-14-4-7-25(16(14)26)13-2-5-24(6-3-13)18-22-8-12(9-23-18)15(19)20/h8-9,11,13-15H,2-7,10H2,1H3,(H2,21,27)/t11-,14?/m0/s1. The van der Waals surface area contributed by atoms with E-state index in [9.17, 15) is 18.4 Å². The SMILES string of the molecule is C[C@@H](COC1CCN(C2CCN(c3ncc(C(F)F)cn3)CC2)C1=O)OC(N)=O. The lowest BCUT2D eigenvalue weighted by atomic mass is 10.0. The van der Waals surface area contributed by atoms with Gasteiger partial charge in [0.25, 0.3) is 12.3 Å². The zero-order valence-corrected chi connectivity index (χ0v) is 16.2. The molecule has 0 radical (unpaired) electrons. The first-order valence-corrected chi connectivity index (χ1v) is 9.58. The fraction of sp³-hybridized carbons (Fsp3) is 0.667. The molecule has 1 unspecified atom stereocenters. The summed E-state index contributed by atoms with van der Waals surface area (Å²) in [6, 6.07) is 0.0898. The van der Waals surface area contributed by atoms with Gasteiger partial charge < -0.3 is 25.0 Å². The predicted molar refractivity (Wildman–Crippen MR) is 98.4 cm³/mol. The lowest BCUT2D eigenvalue weighted by molar-refractivity contribution is -0.140. The third-order valence-electron chi connectivity index (χ3n) is 5.14. The molecule has 2 atom stereocenters. The topological polar surface area (TPSA) is 111 Å². The van der Waals surface area contributed by atoms with Crippen LogP contribution in [-0.4, -0.2) is 71.4 Å². The smallest absolute Gasteiger partial charge is 0.404 e. The molecule has 9 nitrogen and oxygen atoms in total. The molecule has 2 N–H and O–H groups in total. The number of alkyl halides is 2. The number of nitrogens with zero attached hydrogens (tertiary/aromatic N) is 4. The average Bonchev–Trinajstić information content (AvgIpc) is 3.06. The summed E-state index contributed by atoms with van der Waals surface area (Å²) in [5, 5.41) is 0. The fourth-order valence-corrected chi connectivity index (χ4v) is 3.66. The molecular formula is C18H25F2N5O4. The average molecular weight is 413 g/mol. The molecule has 2 amide bonds. The van der Waals surface area contributed by atoms with Crippen molar-refractivity contribution in [2.45, 2.75) is 50.9 Å². The molecule has 3 rings (SSSR count). The molecule has 1 aromatic heterocycles. The van der Waals surface area contributed by atoms with Gasteiger partial charge in [-0.2, -0.15) is 0 Å². The molecule has 3 heterocycles. The molecule has 29 heavy (non-hydrogen) atoms. The Bertz CT molecular complexity index is 713. The highest BCUT2D eigenvalue weighted by molar-refractivity contribution is 5.83. The third kappa shape index (κ3) is 5.28. The monoisotopic (exact) mass is 413 g/mol. The molecule has 0 aromatic carbocycles. The first kappa shape index (κ1) is 21.2. The summed E-state index contributed by atoms with van der Waals surface area (Å²) in [6.45, 7) is 3.64. The van der Waals surface area contributed by atoms with Gasteiger partial charge in [0.2, 0.25) is 5.95 Å². The highest BCUT2D eigenvalue weighted by Crippen LogP contribution is 2.26. The minimum Gasteiger partial charge on any atom is -0.444 e. The van der Waals surface area contributed by atoms with Crippen molar-refractivity contribution in [2.24, 2.45) is 5.73 Å². The largest absolute Gasteiger partial charge is 0.444 e. The van der Waals surface area contributed by atoms with Crippen molar-refractivity contribution in [1.82, 2.24) is 14.9 Å². The van der Waals surface area contributed by atoms with E-state index in [1.807, 2.05) is 9.80 Å². The summed E-state index contributed by atoms with van der Waals surface area (Å²) in [7, 11) is 0. The maximum Gasteiger partial charge on any atom is 0.404 e. The Morgan fingerprint density at radius 1 is 1.24 bits per heavy atom. The van der Waals surface area contributed by atoms with Crippen molar-refractivity contribution < 1.29 is 27.8 Å². The van der Waals surface area contributed by atoms with Gasteiger partial charge in [-0.05, 0) is 19.8 Å². The molecule has 0 saturated carbocycles. The van der Waals surface area contributed by atoms with E-state index in [4.69, 9.17) is 15.2 Å².